The van der Waals surface area contributed by atoms with Gasteiger partial charge in [0.05, 0.1) is 0 Å². The summed E-state index contributed by atoms with van der Waals surface area (Å²) >= 11 is 0. The van der Waals surface area contributed by atoms with Crippen LogP contribution in [0.3, 0.4) is 0 Å². The third-order valence-corrected chi connectivity index (χ3v) is 6.81. The summed E-state index contributed by atoms with van der Waals surface area (Å²) in [6, 6.07) is 21.6. The van der Waals surface area contributed by atoms with Crippen LogP contribution < -0.4 is 0 Å². The Labute approximate surface area is 206 Å². The standard InChI is InChI=1S/C32H33F3/c1-2-3-4-5-6-24-8-13-26(31(34)22-24)14-9-25-12-20-30-28(21-25)17-16-27(32(30)35)15-7-23-10-18-29(33)19-11-23/h8,10-13,16-22H,2-7,9,14-15H2,1H3. The molecule has 0 saturated carbocycles. The lowest BCUT2D eigenvalue weighted by Crippen LogP contribution is -1.98. The molecule has 0 unspecified atom stereocenters. The predicted octanol–water partition coefficient (Wildman–Crippen LogP) is 8.95. The number of hydrogen-bond donors (Lipinski definition) is 0. The molecule has 0 radical (unpaired) electrons. The van der Waals surface area contributed by atoms with Crippen molar-refractivity contribution in [2.45, 2.75) is 64.7 Å². The van der Waals surface area contributed by atoms with E-state index < -0.39 is 0 Å². The molecule has 0 nitrogen and oxygen atoms in total. The summed E-state index contributed by atoms with van der Waals surface area (Å²) in [4.78, 5) is 0. The molecule has 4 rings (SSSR count). The Bertz CT molecular complexity index is 1260. The van der Waals surface area contributed by atoms with E-state index in [1.165, 1.54) is 31.4 Å². The third kappa shape index (κ3) is 6.75. The molecule has 3 heteroatoms. The highest BCUT2D eigenvalue weighted by Crippen LogP contribution is 2.25. The van der Waals surface area contributed by atoms with Crippen molar-refractivity contribution in [3.8, 4) is 0 Å². The van der Waals surface area contributed by atoms with Crippen molar-refractivity contribution in [1.29, 1.82) is 0 Å². The second-order valence-corrected chi connectivity index (χ2v) is 9.46. The number of fused-ring (bicyclic) bond motifs is 1. The molecule has 4 aromatic rings. The predicted molar refractivity (Wildman–Crippen MR) is 139 cm³/mol. The first-order chi connectivity index (χ1) is 17.0. The Morgan fingerprint density at radius 3 is 1.97 bits per heavy atom. The van der Waals surface area contributed by atoms with Crippen LogP contribution in [0.25, 0.3) is 10.8 Å². The van der Waals surface area contributed by atoms with Crippen LogP contribution >= 0.6 is 0 Å². The zero-order chi connectivity index (χ0) is 24.6. The van der Waals surface area contributed by atoms with Gasteiger partial charge in [-0.2, -0.15) is 0 Å². The second-order valence-electron chi connectivity index (χ2n) is 9.46. The van der Waals surface area contributed by atoms with Gasteiger partial charge in [-0.05, 0) is 89.9 Å². The van der Waals surface area contributed by atoms with E-state index in [1.54, 1.807) is 18.2 Å². The molecule has 0 heterocycles. The number of benzene rings is 4. The van der Waals surface area contributed by atoms with Crippen molar-refractivity contribution in [1.82, 2.24) is 0 Å². The lowest BCUT2D eigenvalue weighted by molar-refractivity contribution is 0.603. The largest absolute Gasteiger partial charge is 0.207 e. The smallest absolute Gasteiger partial charge is 0.134 e. The first-order valence-corrected chi connectivity index (χ1v) is 12.7. The van der Waals surface area contributed by atoms with Crippen molar-refractivity contribution in [2.24, 2.45) is 0 Å². The average Bonchev–Trinajstić information content (AvgIpc) is 2.87. The van der Waals surface area contributed by atoms with Crippen molar-refractivity contribution >= 4 is 10.8 Å². The summed E-state index contributed by atoms with van der Waals surface area (Å²) in [5.74, 6) is -0.591. The van der Waals surface area contributed by atoms with Crippen molar-refractivity contribution in [2.75, 3.05) is 0 Å². The van der Waals surface area contributed by atoms with Crippen molar-refractivity contribution in [3.63, 3.8) is 0 Å². The Morgan fingerprint density at radius 2 is 1.20 bits per heavy atom. The summed E-state index contributed by atoms with van der Waals surface area (Å²) in [7, 11) is 0. The van der Waals surface area contributed by atoms with E-state index in [2.05, 4.69) is 6.92 Å². The monoisotopic (exact) mass is 474 g/mol. The molecule has 0 amide bonds. The lowest BCUT2D eigenvalue weighted by atomic mass is 9.96. The number of aryl methyl sites for hydroxylation is 5. The highest BCUT2D eigenvalue weighted by Gasteiger charge is 2.10. The fraction of sp³-hybridized carbons (Fsp3) is 0.312. The Kier molecular flexibility index (Phi) is 8.63. The van der Waals surface area contributed by atoms with E-state index >= 15 is 4.39 Å². The van der Waals surface area contributed by atoms with Crippen LogP contribution in [0.2, 0.25) is 0 Å². The SMILES string of the molecule is CCCCCCc1ccc(CCc2ccc3c(F)c(CCc4ccc(F)cc4)ccc3c2)c(F)c1. The van der Waals surface area contributed by atoms with E-state index in [9.17, 15) is 8.78 Å². The molecule has 0 fully saturated rings. The molecule has 0 N–H and O–H groups in total. The van der Waals surface area contributed by atoms with E-state index in [0.29, 0.717) is 36.6 Å². The first-order valence-electron chi connectivity index (χ1n) is 12.7. The van der Waals surface area contributed by atoms with Gasteiger partial charge in [-0.1, -0.05) is 80.8 Å². The summed E-state index contributed by atoms with van der Waals surface area (Å²) < 4.78 is 42.8. The molecular weight excluding hydrogens is 441 g/mol. The third-order valence-electron chi connectivity index (χ3n) is 6.81. The van der Waals surface area contributed by atoms with Crippen molar-refractivity contribution in [3.05, 3.63) is 118 Å². The number of halogens is 3. The van der Waals surface area contributed by atoms with Gasteiger partial charge in [0.25, 0.3) is 0 Å². The number of hydrogen-bond acceptors (Lipinski definition) is 0. The zero-order valence-corrected chi connectivity index (χ0v) is 20.4. The Morgan fingerprint density at radius 1 is 0.543 bits per heavy atom. The van der Waals surface area contributed by atoms with Gasteiger partial charge in [0.2, 0.25) is 0 Å². The van der Waals surface area contributed by atoms with Gasteiger partial charge >= 0.3 is 0 Å². The van der Waals surface area contributed by atoms with Crippen molar-refractivity contribution < 1.29 is 13.2 Å². The van der Waals surface area contributed by atoms with Crippen LogP contribution in [0.4, 0.5) is 13.2 Å². The zero-order valence-electron chi connectivity index (χ0n) is 20.4. The van der Waals surface area contributed by atoms with Gasteiger partial charge in [0.15, 0.2) is 0 Å². The molecule has 35 heavy (non-hydrogen) atoms. The molecule has 0 aliphatic heterocycles. The fourth-order valence-corrected chi connectivity index (χ4v) is 4.65. The van der Waals surface area contributed by atoms with E-state index in [1.807, 2.05) is 42.5 Å². The normalized spacial score (nSPS) is 11.3. The molecule has 0 spiro atoms. The molecule has 0 saturated heterocycles. The van der Waals surface area contributed by atoms with Gasteiger partial charge in [-0.15, -0.1) is 0 Å². The van der Waals surface area contributed by atoms with Crippen LogP contribution in [0.1, 0.15) is 60.4 Å². The van der Waals surface area contributed by atoms with Crippen LogP contribution in [-0.2, 0) is 32.1 Å². The van der Waals surface area contributed by atoms with Gasteiger partial charge in [-0.3, -0.25) is 0 Å². The fourth-order valence-electron chi connectivity index (χ4n) is 4.65. The molecule has 0 bridgehead atoms. The molecule has 0 aromatic heterocycles. The highest BCUT2D eigenvalue weighted by molar-refractivity contribution is 5.84. The Balaban J connectivity index is 1.38. The molecule has 0 aliphatic carbocycles. The molecule has 0 atom stereocenters. The number of unbranched alkanes of at least 4 members (excludes halogenated alkanes) is 3. The summed E-state index contributed by atoms with van der Waals surface area (Å²) in [6.07, 6.45) is 8.20. The van der Waals surface area contributed by atoms with Gasteiger partial charge in [-0.25, -0.2) is 13.2 Å². The minimum Gasteiger partial charge on any atom is -0.207 e. The summed E-state index contributed by atoms with van der Waals surface area (Å²) in [6.45, 7) is 2.19. The molecule has 182 valence electrons. The molecular formula is C32H33F3. The van der Waals surface area contributed by atoms with Gasteiger partial charge < -0.3 is 0 Å². The lowest BCUT2D eigenvalue weighted by Gasteiger charge is -2.10. The second kappa shape index (κ2) is 12.1. The summed E-state index contributed by atoms with van der Waals surface area (Å²) in [5, 5.41) is 1.46. The minimum absolute atomic E-state index is 0.129. The average molecular weight is 475 g/mol. The molecule has 0 aliphatic rings. The minimum atomic E-state index is -0.265. The van der Waals surface area contributed by atoms with Gasteiger partial charge in [0, 0.05) is 5.39 Å². The van der Waals surface area contributed by atoms with Gasteiger partial charge in [0.1, 0.15) is 17.5 Å². The Hall–Kier alpha value is -3.07. The quantitative estimate of drug-likeness (QED) is 0.190. The molecule has 4 aromatic carbocycles. The summed E-state index contributed by atoms with van der Waals surface area (Å²) in [5.41, 5.74) is 4.51. The highest BCUT2D eigenvalue weighted by atomic mass is 19.1. The van der Waals surface area contributed by atoms with Crippen LogP contribution in [-0.4, -0.2) is 0 Å². The maximum atomic E-state index is 15.1. The van der Waals surface area contributed by atoms with E-state index in [-0.39, 0.29) is 17.5 Å². The maximum absolute atomic E-state index is 15.1. The van der Waals surface area contributed by atoms with Crippen LogP contribution in [0.5, 0.6) is 0 Å². The van der Waals surface area contributed by atoms with E-state index in [0.717, 1.165) is 40.5 Å². The van der Waals surface area contributed by atoms with Crippen LogP contribution in [0.15, 0.2) is 72.8 Å². The van der Waals surface area contributed by atoms with E-state index in [4.69, 9.17) is 0 Å². The maximum Gasteiger partial charge on any atom is 0.134 e. The van der Waals surface area contributed by atoms with Crippen LogP contribution in [0, 0.1) is 17.5 Å². The number of rotatable bonds is 11. The topological polar surface area (TPSA) is 0 Å². The first kappa shape index (κ1) is 25.0.